The number of benzene rings is 1. The summed E-state index contributed by atoms with van der Waals surface area (Å²) in [4.78, 5) is 30.9. The van der Waals surface area contributed by atoms with Crippen LogP contribution < -0.4 is 5.56 Å². The van der Waals surface area contributed by atoms with E-state index < -0.39 is 8.32 Å². The molecule has 36 heavy (non-hydrogen) atoms. The molecule has 3 heterocycles. The van der Waals surface area contributed by atoms with Crippen molar-refractivity contribution in [2.45, 2.75) is 51.7 Å². The van der Waals surface area contributed by atoms with Gasteiger partial charge in [-0.05, 0) is 73.4 Å². The highest BCUT2D eigenvalue weighted by Gasteiger charge is 2.36. The molecule has 0 bridgehead atoms. The smallest absolute Gasteiger partial charge is 0.281 e. The summed E-state index contributed by atoms with van der Waals surface area (Å²) in [6, 6.07) is 13.1. The van der Waals surface area contributed by atoms with Gasteiger partial charge in [0.25, 0.3) is 5.56 Å². The van der Waals surface area contributed by atoms with Crippen molar-refractivity contribution in [2.24, 2.45) is 0 Å². The highest BCUT2D eigenvalue weighted by molar-refractivity contribution is 6.74. The molecule has 0 spiro atoms. The average Bonchev–Trinajstić information content (AvgIpc) is 2.88. The van der Waals surface area contributed by atoms with Gasteiger partial charge in [0.1, 0.15) is 5.69 Å². The summed E-state index contributed by atoms with van der Waals surface area (Å²) in [6.45, 7) is 11.9. The first-order chi connectivity index (χ1) is 17.2. The first-order valence-corrected chi connectivity index (χ1v) is 15.1. The molecule has 0 N–H and O–H groups in total. The van der Waals surface area contributed by atoms with Crippen LogP contribution in [0.2, 0.25) is 18.1 Å². The predicted molar refractivity (Wildman–Crippen MR) is 146 cm³/mol. The number of nitrogens with zero attached hydrogens (tertiary/aromatic N) is 5. The molecule has 0 amide bonds. The zero-order chi connectivity index (χ0) is 25.8. The van der Waals surface area contributed by atoms with Crippen molar-refractivity contribution in [1.29, 1.82) is 0 Å². The van der Waals surface area contributed by atoms with Crippen LogP contribution in [0.1, 0.15) is 32.9 Å². The number of aromatic nitrogens is 5. The van der Waals surface area contributed by atoms with Crippen molar-refractivity contribution in [3.05, 3.63) is 89.5 Å². The van der Waals surface area contributed by atoms with E-state index in [9.17, 15) is 4.79 Å². The van der Waals surface area contributed by atoms with Gasteiger partial charge in [0.15, 0.2) is 14.1 Å². The third-order valence-corrected chi connectivity index (χ3v) is 11.3. The van der Waals surface area contributed by atoms with Crippen LogP contribution in [0.25, 0.3) is 28.3 Å². The monoisotopic (exact) mass is 499 g/mol. The van der Waals surface area contributed by atoms with Crippen LogP contribution in [-0.4, -0.2) is 39.4 Å². The second kappa shape index (κ2) is 10.6. The van der Waals surface area contributed by atoms with Crippen molar-refractivity contribution in [3.63, 3.8) is 0 Å². The Morgan fingerprint density at radius 3 is 2.22 bits per heavy atom. The fourth-order valence-corrected chi connectivity index (χ4v) is 4.66. The van der Waals surface area contributed by atoms with Crippen LogP contribution in [0.3, 0.4) is 0 Å². The maximum absolute atomic E-state index is 13.5. The number of aryl methyl sites for hydroxylation is 1. The molecule has 4 rings (SSSR count). The molecule has 0 saturated heterocycles. The molecular formula is C28H33N5O2Si. The van der Waals surface area contributed by atoms with Gasteiger partial charge in [-0.3, -0.25) is 14.3 Å². The van der Waals surface area contributed by atoms with Crippen LogP contribution in [-0.2, 0) is 10.8 Å². The highest BCUT2D eigenvalue weighted by atomic mass is 28.4. The van der Waals surface area contributed by atoms with E-state index >= 15 is 0 Å². The molecule has 0 aliphatic carbocycles. The predicted octanol–water partition coefficient (Wildman–Crippen LogP) is 5.71. The van der Waals surface area contributed by atoms with Crippen LogP contribution in [0.5, 0.6) is 0 Å². The van der Waals surface area contributed by atoms with Gasteiger partial charge in [0.05, 0.1) is 5.69 Å². The Labute approximate surface area is 213 Å². The number of rotatable bonds is 8. The maximum Gasteiger partial charge on any atom is 0.281 e. The van der Waals surface area contributed by atoms with Gasteiger partial charge < -0.3 is 4.43 Å². The van der Waals surface area contributed by atoms with Gasteiger partial charge in [-0.25, -0.2) is 15.0 Å². The highest BCUT2D eigenvalue weighted by Crippen LogP contribution is 2.36. The summed E-state index contributed by atoms with van der Waals surface area (Å²) in [5.74, 6) is 0.644. The molecule has 0 saturated carbocycles. The zero-order valence-electron chi connectivity index (χ0n) is 21.6. The lowest BCUT2D eigenvalue weighted by Crippen LogP contribution is -2.41. The molecule has 4 aromatic rings. The molecule has 0 unspecified atom stereocenters. The Morgan fingerprint density at radius 2 is 1.58 bits per heavy atom. The van der Waals surface area contributed by atoms with Gasteiger partial charge in [-0.1, -0.05) is 20.8 Å². The van der Waals surface area contributed by atoms with Gasteiger partial charge in [0.2, 0.25) is 0 Å². The van der Waals surface area contributed by atoms with Crippen molar-refractivity contribution < 1.29 is 4.43 Å². The lowest BCUT2D eigenvalue weighted by Gasteiger charge is -2.36. The largest absolute Gasteiger partial charge is 0.417 e. The quantitative estimate of drug-likeness (QED) is 0.228. The van der Waals surface area contributed by atoms with E-state index in [0.29, 0.717) is 24.5 Å². The third kappa shape index (κ3) is 5.83. The van der Waals surface area contributed by atoms with Crippen molar-refractivity contribution in [1.82, 2.24) is 24.5 Å². The summed E-state index contributed by atoms with van der Waals surface area (Å²) < 4.78 is 8.02. The van der Waals surface area contributed by atoms with E-state index in [1.165, 1.54) is 0 Å². The molecule has 7 nitrogen and oxygen atoms in total. The molecule has 0 fully saturated rings. The van der Waals surface area contributed by atoms with E-state index in [1.807, 2.05) is 42.6 Å². The Hall–Kier alpha value is -3.49. The number of hydrogen-bond acceptors (Lipinski definition) is 6. The molecule has 0 aliphatic rings. The minimum atomic E-state index is -1.81. The fraction of sp³-hybridized carbons (Fsp3) is 0.321. The van der Waals surface area contributed by atoms with Crippen molar-refractivity contribution >= 4 is 8.32 Å². The van der Waals surface area contributed by atoms with Crippen molar-refractivity contribution in [3.8, 4) is 28.3 Å². The van der Waals surface area contributed by atoms with Crippen LogP contribution in [0, 0.1) is 0 Å². The second-order valence-electron chi connectivity index (χ2n) is 10.3. The van der Waals surface area contributed by atoms with E-state index in [-0.39, 0.29) is 10.6 Å². The van der Waals surface area contributed by atoms with Gasteiger partial charge in [-0.2, -0.15) is 0 Å². The summed E-state index contributed by atoms with van der Waals surface area (Å²) >= 11 is 0. The molecule has 0 aliphatic heterocycles. The zero-order valence-corrected chi connectivity index (χ0v) is 22.6. The maximum atomic E-state index is 13.5. The van der Waals surface area contributed by atoms with E-state index in [2.05, 4.69) is 48.8 Å². The van der Waals surface area contributed by atoms with Crippen LogP contribution in [0.4, 0.5) is 0 Å². The van der Waals surface area contributed by atoms with Crippen LogP contribution >= 0.6 is 0 Å². The fourth-order valence-electron chi connectivity index (χ4n) is 3.57. The van der Waals surface area contributed by atoms with E-state index in [0.717, 1.165) is 28.9 Å². The summed E-state index contributed by atoms with van der Waals surface area (Å²) in [7, 11) is -1.81. The molecule has 8 heteroatoms. The van der Waals surface area contributed by atoms with Gasteiger partial charge in [-0.15, -0.1) is 0 Å². The SMILES string of the molecule is CC(C)(C)[Si](C)(C)OCCCc1cn(-c2ccc(-c3ncccn3)cc2)c(=O)c(-c2ccncc2)n1. The van der Waals surface area contributed by atoms with Gasteiger partial charge in [0, 0.05) is 54.4 Å². The Morgan fingerprint density at radius 1 is 0.917 bits per heavy atom. The molecule has 3 aromatic heterocycles. The first kappa shape index (κ1) is 25.6. The average molecular weight is 500 g/mol. The Kier molecular flexibility index (Phi) is 7.56. The van der Waals surface area contributed by atoms with E-state index in [4.69, 9.17) is 9.41 Å². The number of hydrogen-bond donors (Lipinski definition) is 0. The minimum absolute atomic E-state index is 0.171. The van der Waals surface area contributed by atoms with Crippen molar-refractivity contribution in [2.75, 3.05) is 6.61 Å². The van der Waals surface area contributed by atoms with Gasteiger partial charge >= 0.3 is 0 Å². The topological polar surface area (TPSA) is 82.8 Å². The molecule has 186 valence electrons. The Bertz CT molecular complexity index is 1350. The summed E-state index contributed by atoms with van der Waals surface area (Å²) in [5, 5.41) is 0.171. The second-order valence-corrected chi connectivity index (χ2v) is 15.1. The molecular weight excluding hydrogens is 466 g/mol. The third-order valence-electron chi connectivity index (χ3n) is 6.72. The van der Waals surface area contributed by atoms with Crippen LogP contribution in [0.15, 0.2) is 78.2 Å². The normalized spacial score (nSPS) is 12.0. The summed E-state index contributed by atoms with van der Waals surface area (Å²) in [5.41, 5.74) is 3.48. The Balaban J connectivity index is 1.63. The lowest BCUT2D eigenvalue weighted by molar-refractivity contribution is 0.282. The van der Waals surface area contributed by atoms with E-state index in [1.54, 1.807) is 35.4 Å². The summed E-state index contributed by atoms with van der Waals surface area (Å²) in [6.07, 6.45) is 10.2. The molecule has 0 radical (unpaired) electrons. The molecule has 1 aromatic carbocycles. The minimum Gasteiger partial charge on any atom is -0.417 e. The standard InChI is InChI=1S/C28H33N5O2Si/c1-28(2,3)36(4,5)35-19-6-8-23-20-33(27(34)25(32-23)21-13-17-29-18-14-21)24-11-9-22(10-12-24)26-30-15-7-16-31-26/h7,9-18,20H,6,8,19H2,1-5H3. The number of pyridine rings is 1. The lowest BCUT2D eigenvalue weighted by atomic mass is 10.1. The molecule has 0 atom stereocenters. The first-order valence-electron chi connectivity index (χ1n) is 12.2.